The quantitative estimate of drug-likeness (QED) is 0.733. The van der Waals surface area contributed by atoms with E-state index < -0.39 is 6.10 Å². The molecule has 6 nitrogen and oxygen atoms in total. The largest absolute Gasteiger partial charge is 0.482 e. The first-order valence-electron chi connectivity index (χ1n) is 9.21. The molecular weight excluding hydrogens is 374 g/mol. The fourth-order valence-electron chi connectivity index (χ4n) is 3.42. The number of nitrogens with zero attached hydrogens (tertiary/aromatic N) is 2. The van der Waals surface area contributed by atoms with Crippen molar-refractivity contribution in [3.8, 4) is 22.8 Å². The molecule has 5 rings (SSSR count). The fraction of sp³-hybridized carbons (Fsp3) is 0.238. The highest BCUT2D eigenvalue weighted by Crippen LogP contribution is 2.34. The molecule has 0 radical (unpaired) electrons. The summed E-state index contributed by atoms with van der Waals surface area (Å²) in [5.74, 6) is 2.08. The number of hydrogen-bond donors (Lipinski definition) is 1. The van der Waals surface area contributed by atoms with Gasteiger partial charge in [-0.05, 0) is 31.2 Å². The second-order valence-corrected chi connectivity index (χ2v) is 7.89. The predicted octanol–water partition coefficient (Wildman–Crippen LogP) is 3.82. The Morgan fingerprint density at radius 3 is 2.82 bits per heavy atom. The first-order valence-corrected chi connectivity index (χ1v) is 10.2. The van der Waals surface area contributed by atoms with Crippen LogP contribution in [0.15, 0.2) is 59.9 Å². The third-order valence-electron chi connectivity index (χ3n) is 4.83. The predicted molar refractivity (Wildman–Crippen MR) is 108 cm³/mol. The van der Waals surface area contributed by atoms with Crippen LogP contribution in [0.3, 0.4) is 0 Å². The molecule has 2 aliphatic heterocycles. The number of aryl methyl sites for hydroxylation is 1. The van der Waals surface area contributed by atoms with E-state index in [-0.39, 0.29) is 12.0 Å². The lowest BCUT2D eigenvalue weighted by atomic mass is 10.1. The number of rotatable bonds is 3. The third kappa shape index (κ3) is 3.11. The summed E-state index contributed by atoms with van der Waals surface area (Å²) in [6.45, 7) is 2.82. The van der Waals surface area contributed by atoms with Crippen LogP contribution in [0.1, 0.15) is 6.92 Å². The highest BCUT2D eigenvalue weighted by Gasteiger charge is 2.34. The minimum Gasteiger partial charge on any atom is -0.482 e. The molecule has 1 amide bonds. The Morgan fingerprint density at radius 1 is 1.18 bits per heavy atom. The van der Waals surface area contributed by atoms with Crippen molar-refractivity contribution >= 4 is 23.4 Å². The Labute approximate surface area is 166 Å². The number of para-hydroxylation sites is 2. The van der Waals surface area contributed by atoms with Gasteiger partial charge in [0.1, 0.15) is 6.10 Å². The number of thioether (sulfide) groups is 1. The van der Waals surface area contributed by atoms with Gasteiger partial charge in [0, 0.05) is 29.7 Å². The number of aromatic nitrogens is 2. The van der Waals surface area contributed by atoms with Gasteiger partial charge in [-0.15, -0.1) is 0 Å². The third-order valence-corrected chi connectivity index (χ3v) is 5.80. The number of anilines is 1. The molecule has 0 unspecified atom stereocenters. The highest BCUT2D eigenvalue weighted by molar-refractivity contribution is 7.99. The summed E-state index contributed by atoms with van der Waals surface area (Å²) in [7, 11) is 0. The summed E-state index contributed by atoms with van der Waals surface area (Å²) in [4.78, 5) is 17.5. The van der Waals surface area contributed by atoms with Crippen molar-refractivity contribution in [1.82, 2.24) is 9.55 Å². The minimum absolute atomic E-state index is 0.234. The van der Waals surface area contributed by atoms with Crippen LogP contribution in [0.4, 0.5) is 5.69 Å². The molecule has 3 heterocycles. The monoisotopic (exact) mass is 393 g/mol. The summed E-state index contributed by atoms with van der Waals surface area (Å²) >= 11 is 1.76. The maximum Gasteiger partial charge on any atom is 0.269 e. The normalized spacial score (nSPS) is 19.9. The van der Waals surface area contributed by atoms with E-state index in [0.717, 1.165) is 28.7 Å². The molecule has 2 aromatic carbocycles. The van der Waals surface area contributed by atoms with Gasteiger partial charge in [-0.1, -0.05) is 36.0 Å². The van der Waals surface area contributed by atoms with E-state index in [2.05, 4.69) is 21.1 Å². The van der Waals surface area contributed by atoms with Crippen LogP contribution in [0, 0.1) is 0 Å². The van der Waals surface area contributed by atoms with Crippen molar-refractivity contribution in [3.63, 3.8) is 0 Å². The summed E-state index contributed by atoms with van der Waals surface area (Å²) in [6, 6.07) is 15.1. The maximum absolute atomic E-state index is 12.8. The zero-order chi connectivity index (χ0) is 19.1. The van der Waals surface area contributed by atoms with E-state index in [1.807, 2.05) is 49.4 Å². The number of amides is 1. The first kappa shape index (κ1) is 17.2. The van der Waals surface area contributed by atoms with Crippen molar-refractivity contribution in [2.24, 2.45) is 0 Å². The van der Waals surface area contributed by atoms with E-state index in [1.54, 1.807) is 17.8 Å². The van der Waals surface area contributed by atoms with Crippen molar-refractivity contribution in [2.75, 3.05) is 11.1 Å². The van der Waals surface area contributed by atoms with Crippen LogP contribution in [0.5, 0.6) is 11.5 Å². The molecule has 3 aromatic rings. The molecule has 0 bridgehead atoms. The molecule has 2 atom stereocenters. The number of benzene rings is 2. The van der Waals surface area contributed by atoms with Gasteiger partial charge in [0.25, 0.3) is 5.91 Å². The van der Waals surface area contributed by atoms with E-state index >= 15 is 0 Å². The Bertz CT molecular complexity index is 1030. The van der Waals surface area contributed by atoms with Gasteiger partial charge < -0.3 is 19.4 Å². The van der Waals surface area contributed by atoms with Crippen LogP contribution in [0.2, 0.25) is 0 Å². The van der Waals surface area contributed by atoms with Crippen molar-refractivity contribution in [2.45, 2.75) is 30.8 Å². The summed E-state index contributed by atoms with van der Waals surface area (Å²) in [5.41, 5.74) is 2.59. The fourth-order valence-corrected chi connectivity index (χ4v) is 4.37. The lowest BCUT2D eigenvalue weighted by molar-refractivity contribution is -0.128. The minimum atomic E-state index is -0.716. The van der Waals surface area contributed by atoms with Gasteiger partial charge >= 0.3 is 0 Å². The van der Waals surface area contributed by atoms with E-state index in [4.69, 9.17) is 9.47 Å². The molecule has 7 heteroatoms. The van der Waals surface area contributed by atoms with Gasteiger partial charge in [0.05, 0.1) is 5.69 Å². The molecule has 1 N–H and O–H groups in total. The molecule has 0 saturated heterocycles. The zero-order valence-electron chi connectivity index (χ0n) is 15.3. The van der Waals surface area contributed by atoms with Crippen LogP contribution in [0.25, 0.3) is 11.3 Å². The zero-order valence-corrected chi connectivity index (χ0v) is 16.1. The van der Waals surface area contributed by atoms with Crippen molar-refractivity contribution in [1.29, 1.82) is 0 Å². The highest BCUT2D eigenvalue weighted by atomic mass is 32.2. The summed E-state index contributed by atoms with van der Waals surface area (Å²) < 4.78 is 13.9. The van der Waals surface area contributed by atoms with Crippen molar-refractivity contribution < 1.29 is 14.3 Å². The molecule has 0 fully saturated rings. The maximum atomic E-state index is 12.8. The number of ether oxygens (including phenoxy) is 2. The number of fused-ring (bicyclic) bond motifs is 2. The number of hydrogen-bond acceptors (Lipinski definition) is 5. The molecule has 142 valence electrons. The van der Waals surface area contributed by atoms with Crippen LogP contribution < -0.4 is 14.8 Å². The molecule has 28 heavy (non-hydrogen) atoms. The lowest BCUT2D eigenvalue weighted by Crippen LogP contribution is -2.46. The van der Waals surface area contributed by atoms with E-state index in [1.165, 1.54) is 0 Å². The average Bonchev–Trinajstić information content (AvgIpc) is 3.30. The lowest BCUT2D eigenvalue weighted by Gasteiger charge is -2.31. The summed E-state index contributed by atoms with van der Waals surface area (Å²) in [5, 5.41) is 3.99. The Balaban J connectivity index is 1.34. The first-order chi connectivity index (χ1) is 13.7. The van der Waals surface area contributed by atoms with Gasteiger partial charge in [0.15, 0.2) is 16.7 Å². The second-order valence-electron chi connectivity index (χ2n) is 6.83. The van der Waals surface area contributed by atoms with Gasteiger partial charge in [0.2, 0.25) is 6.10 Å². The van der Waals surface area contributed by atoms with E-state index in [0.29, 0.717) is 17.2 Å². The van der Waals surface area contributed by atoms with E-state index in [9.17, 15) is 4.79 Å². The Kier molecular flexibility index (Phi) is 4.24. The van der Waals surface area contributed by atoms with Crippen LogP contribution >= 0.6 is 11.8 Å². The SMILES string of the molecule is C[C@H]1Oc2ccccc2O[C@H]1C(=O)Nc1cccc(-c2cn3c(n2)SCC3)c1. The number of imidazole rings is 1. The molecular formula is C21H19N3O3S. The summed E-state index contributed by atoms with van der Waals surface area (Å²) in [6.07, 6.45) is 0.963. The average molecular weight is 393 g/mol. The molecule has 1 aromatic heterocycles. The molecule has 0 aliphatic carbocycles. The number of carbonyl (C=O) groups is 1. The smallest absolute Gasteiger partial charge is 0.269 e. The number of nitrogens with one attached hydrogen (secondary N) is 1. The Hall–Kier alpha value is -2.93. The second kappa shape index (κ2) is 6.91. The molecule has 2 aliphatic rings. The standard InChI is InChI=1S/C21H19N3O3S/c1-13-19(27-18-8-3-2-7-17(18)26-13)20(25)22-15-6-4-5-14(11-15)16-12-24-9-10-28-21(24)23-16/h2-8,11-13,19H,9-10H2,1H3,(H,22,25)/t13-,19-/m1/s1. The van der Waals surface area contributed by atoms with Crippen LogP contribution in [-0.2, 0) is 11.3 Å². The molecule has 0 saturated carbocycles. The molecule has 0 spiro atoms. The van der Waals surface area contributed by atoms with Gasteiger partial charge in [-0.2, -0.15) is 0 Å². The topological polar surface area (TPSA) is 65.4 Å². The van der Waals surface area contributed by atoms with Gasteiger partial charge in [-0.25, -0.2) is 4.98 Å². The number of carbonyl (C=O) groups excluding carboxylic acids is 1. The Morgan fingerprint density at radius 2 is 2.00 bits per heavy atom. The van der Waals surface area contributed by atoms with Crippen molar-refractivity contribution in [3.05, 3.63) is 54.7 Å². The van der Waals surface area contributed by atoms with Crippen LogP contribution in [-0.4, -0.2) is 33.4 Å². The van der Waals surface area contributed by atoms with Gasteiger partial charge in [-0.3, -0.25) is 4.79 Å².